The molecular weight excluding hydrogens is 287 g/mol. The molecule has 5 nitrogen and oxygen atoms in total. The number of rotatable bonds is 5. The fourth-order valence-electron chi connectivity index (χ4n) is 2.26. The molecule has 1 aromatic heterocycles. The summed E-state index contributed by atoms with van der Waals surface area (Å²) in [6.45, 7) is 5.64. The van der Waals surface area contributed by atoms with Crippen molar-refractivity contribution in [2.75, 3.05) is 6.61 Å². The predicted octanol–water partition coefficient (Wildman–Crippen LogP) is 3.12. The van der Waals surface area contributed by atoms with Gasteiger partial charge in [0.2, 0.25) is 0 Å². The number of carbonyl (C=O) groups excluding carboxylic acids is 2. The minimum absolute atomic E-state index is 0.0891. The first-order valence-corrected chi connectivity index (χ1v) is 7.00. The van der Waals surface area contributed by atoms with Crippen LogP contribution in [0.4, 0.5) is 4.39 Å². The van der Waals surface area contributed by atoms with Crippen LogP contribution in [0.1, 0.15) is 53.2 Å². The fraction of sp³-hybridized carbons (Fsp3) is 0.312. The average Bonchev–Trinajstić information content (AvgIpc) is 2.88. The molecule has 0 amide bonds. The summed E-state index contributed by atoms with van der Waals surface area (Å²) in [6.07, 6.45) is 0.647. The molecule has 1 aromatic carbocycles. The van der Waals surface area contributed by atoms with Gasteiger partial charge in [0.25, 0.3) is 0 Å². The van der Waals surface area contributed by atoms with E-state index in [0.29, 0.717) is 17.5 Å². The summed E-state index contributed by atoms with van der Waals surface area (Å²) in [4.78, 5) is 23.6. The second kappa shape index (κ2) is 6.51. The zero-order valence-corrected chi connectivity index (χ0v) is 12.7. The zero-order valence-electron chi connectivity index (χ0n) is 12.7. The van der Waals surface area contributed by atoms with Crippen molar-refractivity contribution in [2.24, 2.45) is 0 Å². The monoisotopic (exact) mass is 304 g/mol. The van der Waals surface area contributed by atoms with Gasteiger partial charge in [0, 0.05) is 5.56 Å². The van der Waals surface area contributed by atoms with Gasteiger partial charge in [0.1, 0.15) is 11.5 Å². The van der Waals surface area contributed by atoms with Crippen LogP contribution in [0.25, 0.3) is 5.69 Å². The van der Waals surface area contributed by atoms with E-state index in [2.05, 4.69) is 5.10 Å². The van der Waals surface area contributed by atoms with E-state index in [0.717, 1.165) is 0 Å². The molecule has 2 rings (SSSR count). The van der Waals surface area contributed by atoms with E-state index in [1.165, 1.54) is 28.9 Å². The zero-order chi connectivity index (χ0) is 16.3. The lowest BCUT2D eigenvalue weighted by Gasteiger charge is -2.07. The van der Waals surface area contributed by atoms with E-state index < -0.39 is 11.8 Å². The van der Waals surface area contributed by atoms with E-state index in [1.807, 2.05) is 13.8 Å². The van der Waals surface area contributed by atoms with Gasteiger partial charge in [-0.3, -0.25) is 4.79 Å². The second-order valence-corrected chi connectivity index (χ2v) is 5.03. The second-order valence-electron chi connectivity index (χ2n) is 5.03. The maximum absolute atomic E-state index is 13.1. The molecular formula is C16H17FN2O3. The van der Waals surface area contributed by atoms with Gasteiger partial charge in [0.05, 0.1) is 12.3 Å². The number of hydrogen-bond acceptors (Lipinski definition) is 4. The number of esters is 1. The SMILES string of the molecule is CCOC(=O)c1nn(-c2ccc(F)cc2)c(C=O)c1C(C)C. The number of nitrogens with zero attached hydrogens (tertiary/aromatic N) is 2. The molecule has 0 atom stereocenters. The Hall–Kier alpha value is -2.50. The normalized spacial score (nSPS) is 10.8. The topological polar surface area (TPSA) is 61.2 Å². The van der Waals surface area contributed by atoms with E-state index in [9.17, 15) is 14.0 Å². The first-order valence-electron chi connectivity index (χ1n) is 7.00. The summed E-state index contributed by atoms with van der Waals surface area (Å²) in [7, 11) is 0. The van der Waals surface area contributed by atoms with Crippen LogP contribution in [-0.2, 0) is 4.74 Å². The molecule has 0 saturated heterocycles. The number of hydrogen-bond donors (Lipinski definition) is 0. The number of aldehydes is 1. The van der Waals surface area contributed by atoms with Crippen LogP contribution in [0.2, 0.25) is 0 Å². The molecule has 0 aliphatic heterocycles. The molecule has 0 N–H and O–H groups in total. The summed E-state index contributed by atoms with van der Waals surface area (Å²) in [6, 6.07) is 5.53. The number of carbonyl (C=O) groups is 2. The lowest BCUT2D eigenvalue weighted by Crippen LogP contribution is -2.09. The quantitative estimate of drug-likeness (QED) is 0.629. The molecule has 0 unspecified atom stereocenters. The van der Waals surface area contributed by atoms with Crippen LogP contribution in [0.3, 0.4) is 0 Å². The number of benzene rings is 1. The summed E-state index contributed by atoms with van der Waals surface area (Å²) >= 11 is 0. The minimum atomic E-state index is -0.574. The lowest BCUT2D eigenvalue weighted by atomic mass is 10.0. The summed E-state index contributed by atoms with van der Waals surface area (Å²) < 4.78 is 19.4. The van der Waals surface area contributed by atoms with Crippen molar-refractivity contribution in [3.8, 4) is 5.69 Å². The van der Waals surface area contributed by atoms with Gasteiger partial charge in [-0.05, 0) is 37.1 Å². The first kappa shape index (κ1) is 15.9. The van der Waals surface area contributed by atoms with Crippen LogP contribution in [-0.4, -0.2) is 28.6 Å². The Bertz CT molecular complexity index is 690. The molecule has 0 spiro atoms. The standard InChI is InChI=1S/C16H17FN2O3/c1-4-22-16(21)15-14(10(2)3)13(9-20)19(18-15)12-7-5-11(17)6-8-12/h5-10H,4H2,1-3H3. The highest BCUT2D eigenvalue weighted by Gasteiger charge is 2.26. The van der Waals surface area contributed by atoms with Gasteiger partial charge in [-0.15, -0.1) is 0 Å². The van der Waals surface area contributed by atoms with Crippen molar-refractivity contribution in [1.82, 2.24) is 9.78 Å². The van der Waals surface area contributed by atoms with Gasteiger partial charge in [-0.25, -0.2) is 13.9 Å². The Morgan fingerprint density at radius 3 is 2.50 bits per heavy atom. The van der Waals surface area contributed by atoms with Crippen LogP contribution < -0.4 is 0 Å². The van der Waals surface area contributed by atoms with E-state index >= 15 is 0 Å². The third-order valence-corrected chi connectivity index (χ3v) is 3.19. The van der Waals surface area contributed by atoms with Crippen molar-refractivity contribution in [2.45, 2.75) is 26.7 Å². The molecule has 0 bridgehead atoms. The predicted molar refractivity (Wildman–Crippen MR) is 79.0 cm³/mol. The Labute approximate surface area is 127 Å². The number of aromatic nitrogens is 2. The van der Waals surface area contributed by atoms with E-state index in [1.54, 1.807) is 6.92 Å². The Balaban J connectivity index is 2.64. The van der Waals surface area contributed by atoms with E-state index in [4.69, 9.17) is 4.74 Å². The molecule has 0 saturated carbocycles. The van der Waals surface area contributed by atoms with Crippen molar-refractivity contribution >= 4 is 12.3 Å². The summed E-state index contributed by atoms with van der Waals surface area (Å²) in [5.41, 5.74) is 1.41. The Morgan fingerprint density at radius 2 is 2.00 bits per heavy atom. The fourth-order valence-corrected chi connectivity index (χ4v) is 2.26. The molecule has 6 heteroatoms. The highest BCUT2D eigenvalue weighted by Crippen LogP contribution is 2.26. The van der Waals surface area contributed by atoms with Gasteiger partial charge < -0.3 is 4.74 Å². The van der Waals surface area contributed by atoms with Crippen molar-refractivity contribution < 1.29 is 18.7 Å². The first-order chi connectivity index (χ1) is 10.5. The molecule has 0 fully saturated rings. The largest absolute Gasteiger partial charge is 0.461 e. The number of ether oxygens (including phenoxy) is 1. The van der Waals surface area contributed by atoms with Crippen LogP contribution in [0.15, 0.2) is 24.3 Å². The number of halogens is 1. The Kier molecular flexibility index (Phi) is 4.70. The molecule has 0 aliphatic carbocycles. The van der Waals surface area contributed by atoms with Crippen LogP contribution >= 0.6 is 0 Å². The van der Waals surface area contributed by atoms with Gasteiger partial charge in [-0.2, -0.15) is 5.10 Å². The Morgan fingerprint density at radius 1 is 1.36 bits per heavy atom. The average molecular weight is 304 g/mol. The molecule has 1 heterocycles. The minimum Gasteiger partial charge on any atom is -0.461 e. The summed E-state index contributed by atoms with van der Waals surface area (Å²) in [5, 5.41) is 4.21. The van der Waals surface area contributed by atoms with Gasteiger partial charge in [-0.1, -0.05) is 13.8 Å². The molecule has 0 aliphatic rings. The van der Waals surface area contributed by atoms with E-state index in [-0.39, 0.29) is 23.9 Å². The highest BCUT2D eigenvalue weighted by molar-refractivity contribution is 5.92. The van der Waals surface area contributed by atoms with Crippen LogP contribution in [0, 0.1) is 5.82 Å². The molecule has 0 radical (unpaired) electrons. The van der Waals surface area contributed by atoms with Gasteiger partial charge >= 0.3 is 5.97 Å². The van der Waals surface area contributed by atoms with Gasteiger partial charge in [0.15, 0.2) is 12.0 Å². The highest BCUT2D eigenvalue weighted by atomic mass is 19.1. The summed E-state index contributed by atoms with van der Waals surface area (Å²) in [5.74, 6) is -1.05. The smallest absolute Gasteiger partial charge is 0.359 e. The van der Waals surface area contributed by atoms with Crippen molar-refractivity contribution in [1.29, 1.82) is 0 Å². The maximum Gasteiger partial charge on any atom is 0.359 e. The third kappa shape index (κ3) is 2.90. The maximum atomic E-state index is 13.1. The third-order valence-electron chi connectivity index (χ3n) is 3.19. The van der Waals surface area contributed by atoms with Crippen LogP contribution in [0.5, 0.6) is 0 Å². The van der Waals surface area contributed by atoms with Crippen molar-refractivity contribution in [3.05, 3.63) is 47.0 Å². The molecule has 22 heavy (non-hydrogen) atoms. The molecule has 2 aromatic rings. The molecule has 116 valence electrons. The lowest BCUT2D eigenvalue weighted by molar-refractivity contribution is 0.0517. The van der Waals surface area contributed by atoms with Crippen molar-refractivity contribution in [3.63, 3.8) is 0 Å².